The summed E-state index contributed by atoms with van der Waals surface area (Å²) in [6, 6.07) is 7.22. The van der Waals surface area contributed by atoms with Crippen molar-refractivity contribution in [3.63, 3.8) is 0 Å². The molecule has 1 unspecified atom stereocenters. The third-order valence-electron chi connectivity index (χ3n) is 3.13. The first-order valence-electron chi connectivity index (χ1n) is 6.21. The molecule has 1 aromatic heterocycles. The number of carbonyl (C=O) groups is 1. The average molecular weight is 259 g/mol. The van der Waals surface area contributed by atoms with Crippen LogP contribution in [-0.4, -0.2) is 27.3 Å². The molecule has 1 heterocycles. The van der Waals surface area contributed by atoms with E-state index in [0.29, 0.717) is 0 Å². The highest BCUT2D eigenvalue weighted by Gasteiger charge is 2.16. The predicted octanol–water partition coefficient (Wildman–Crippen LogP) is 1.59. The maximum atomic E-state index is 10.8. The average Bonchev–Trinajstić information content (AvgIpc) is 2.87. The van der Waals surface area contributed by atoms with Gasteiger partial charge in [0.1, 0.15) is 6.04 Å². The molecule has 0 bridgehead atoms. The summed E-state index contributed by atoms with van der Waals surface area (Å²) in [5.74, 6) is -1.01. The van der Waals surface area contributed by atoms with Crippen molar-refractivity contribution in [1.82, 2.24) is 10.2 Å². The Hall–Kier alpha value is -2.14. The molecule has 0 fully saturated rings. The monoisotopic (exact) mass is 259 g/mol. The second-order valence-electron chi connectivity index (χ2n) is 4.46. The van der Waals surface area contributed by atoms with E-state index in [9.17, 15) is 4.79 Å². The molecule has 0 aliphatic rings. The lowest BCUT2D eigenvalue weighted by molar-refractivity contribution is -0.138. The number of hydrogen-bond donors (Lipinski definition) is 3. The predicted molar refractivity (Wildman–Crippen MR) is 72.7 cm³/mol. The molecule has 2 rings (SSSR count). The normalized spacial score (nSPS) is 12.3. The molecule has 0 spiro atoms. The third-order valence-corrected chi connectivity index (χ3v) is 3.13. The van der Waals surface area contributed by atoms with Crippen molar-refractivity contribution in [2.75, 3.05) is 0 Å². The van der Waals surface area contributed by atoms with Crippen molar-refractivity contribution in [3.8, 4) is 11.1 Å². The minimum Gasteiger partial charge on any atom is -0.480 e. The number of carboxylic acid groups (broad SMARTS) is 1. The van der Waals surface area contributed by atoms with Gasteiger partial charge < -0.3 is 10.8 Å². The van der Waals surface area contributed by atoms with Gasteiger partial charge in [-0.3, -0.25) is 9.89 Å². The quantitative estimate of drug-likeness (QED) is 0.760. The first kappa shape index (κ1) is 13.3. The Balaban J connectivity index is 2.25. The van der Waals surface area contributed by atoms with Crippen LogP contribution in [0.4, 0.5) is 0 Å². The molecule has 0 aliphatic carbocycles. The van der Waals surface area contributed by atoms with E-state index >= 15 is 0 Å². The van der Waals surface area contributed by atoms with E-state index in [1.165, 1.54) is 5.56 Å². The zero-order valence-corrected chi connectivity index (χ0v) is 10.8. The smallest absolute Gasteiger partial charge is 0.320 e. The van der Waals surface area contributed by atoms with Crippen LogP contribution in [0.5, 0.6) is 0 Å². The fourth-order valence-corrected chi connectivity index (χ4v) is 1.94. The van der Waals surface area contributed by atoms with Crippen LogP contribution in [0.2, 0.25) is 0 Å². The van der Waals surface area contributed by atoms with E-state index in [1.54, 1.807) is 6.20 Å². The van der Waals surface area contributed by atoms with Crippen molar-refractivity contribution in [2.45, 2.75) is 25.8 Å². The van der Waals surface area contributed by atoms with E-state index in [4.69, 9.17) is 10.8 Å². The number of carboxylic acids is 1. The van der Waals surface area contributed by atoms with Gasteiger partial charge in [0, 0.05) is 17.7 Å². The SMILES string of the molecule is CCc1ccc(-c2cn[nH]c2CC(N)C(=O)O)cc1. The first-order valence-corrected chi connectivity index (χ1v) is 6.21. The largest absolute Gasteiger partial charge is 0.480 e. The lowest BCUT2D eigenvalue weighted by atomic mass is 10.0. The highest BCUT2D eigenvalue weighted by Crippen LogP contribution is 2.23. The summed E-state index contributed by atoms with van der Waals surface area (Å²) in [4.78, 5) is 10.8. The number of aryl methyl sites for hydroxylation is 1. The van der Waals surface area contributed by atoms with Crippen LogP contribution >= 0.6 is 0 Å². The molecule has 19 heavy (non-hydrogen) atoms. The number of aliphatic carboxylic acids is 1. The fraction of sp³-hybridized carbons (Fsp3) is 0.286. The fourth-order valence-electron chi connectivity index (χ4n) is 1.94. The van der Waals surface area contributed by atoms with Crippen molar-refractivity contribution in [2.24, 2.45) is 5.73 Å². The topological polar surface area (TPSA) is 92.0 Å². The maximum Gasteiger partial charge on any atom is 0.320 e. The van der Waals surface area contributed by atoms with Gasteiger partial charge in [-0.15, -0.1) is 0 Å². The summed E-state index contributed by atoms with van der Waals surface area (Å²) in [7, 11) is 0. The summed E-state index contributed by atoms with van der Waals surface area (Å²) in [6.07, 6.45) is 2.92. The summed E-state index contributed by atoms with van der Waals surface area (Å²) >= 11 is 0. The molecule has 0 radical (unpaired) electrons. The highest BCUT2D eigenvalue weighted by molar-refractivity contribution is 5.74. The number of rotatable bonds is 5. The van der Waals surface area contributed by atoms with Gasteiger partial charge in [0.15, 0.2) is 0 Å². The number of aromatic nitrogens is 2. The minimum absolute atomic E-state index is 0.236. The Morgan fingerprint density at radius 3 is 2.68 bits per heavy atom. The summed E-state index contributed by atoms with van der Waals surface area (Å²) < 4.78 is 0. The number of nitrogens with two attached hydrogens (primary N) is 1. The van der Waals surface area contributed by atoms with Gasteiger partial charge >= 0.3 is 5.97 Å². The zero-order chi connectivity index (χ0) is 13.8. The van der Waals surface area contributed by atoms with E-state index < -0.39 is 12.0 Å². The van der Waals surface area contributed by atoms with E-state index in [-0.39, 0.29) is 6.42 Å². The molecule has 0 saturated carbocycles. The molecule has 0 saturated heterocycles. The maximum absolute atomic E-state index is 10.8. The van der Waals surface area contributed by atoms with Crippen molar-refractivity contribution < 1.29 is 9.90 Å². The Kier molecular flexibility index (Phi) is 3.97. The number of benzene rings is 1. The Labute approximate surface area is 111 Å². The number of aromatic amines is 1. The molecule has 1 atom stereocenters. The van der Waals surface area contributed by atoms with E-state index in [0.717, 1.165) is 23.2 Å². The van der Waals surface area contributed by atoms with Gasteiger partial charge in [0.05, 0.1) is 6.20 Å². The standard InChI is InChI=1S/C14H17N3O2/c1-2-9-3-5-10(6-4-9)11-8-16-17-13(11)7-12(15)14(18)19/h3-6,8,12H,2,7,15H2,1H3,(H,16,17)(H,18,19). The lowest BCUT2D eigenvalue weighted by Gasteiger charge is -2.07. The van der Waals surface area contributed by atoms with Gasteiger partial charge in [0.25, 0.3) is 0 Å². The molecular formula is C14H17N3O2. The number of nitrogens with one attached hydrogen (secondary N) is 1. The molecule has 0 aliphatic heterocycles. The van der Waals surface area contributed by atoms with Crippen LogP contribution in [0.15, 0.2) is 30.5 Å². The molecule has 0 amide bonds. The van der Waals surface area contributed by atoms with Crippen LogP contribution in [-0.2, 0) is 17.6 Å². The summed E-state index contributed by atoms with van der Waals surface area (Å²) in [5, 5.41) is 15.7. The van der Waals surface area contributed by atoms with Crippen molar-refractivity contribution in [1.29, 1.82) is 0 Å². The van der Waals surface area contributed by atoms with Gasteiger partial charge in [-0.05, 0) is 17.5 Å². The summed E-state index contributed by atoms with van der Waals surface area (Å²) in [5.41, 5.74) is 9.48. The zero-order valence-electron chi connectivity index (χ0n) is 10.8. The van der Waals surface area contributed by atoms with Crippen LogP contribution in [0, 0.1) is 0 Å². The molecule has 4 N–H and O–H groups in total. The van der Waals surface area contributed by atoms with E-state index in [1.807, 2.05) is 12.1 Å². The van der Waals surface area contributed by atoms with Gasteiger partial charge in [-0.1, -0.05) is 31.2 Å². The second kappa shape index (κ2) is 5.67. The molecule has 5 heteroatoms. The minimum atomic E-state index is -1.01. The highest BCUT2D eigenvalue weighted by atomic mass is 16.4. The third kappa shape index (κ3) is 3.00. The van der Waals surface area contributed by atoms with Crippen LogP contribution < -0.4 is 5.73 Å². The van der Waals surface area contributed by atoms with E-state index in [2.05, 4.69) is 29.3 Å². The van der Waals surface area contributed by atoms with Crippen molar-refractivity contribution in [3.05, 3.63) is 41.7 Å². The molecule has 2 aromatic rings. The van der Waals surface area contributed by atoms with Crippen molar-refractivity contribution >= 4 is 5.97 Å². The molecule has 100 valence electrons. The van der Waals surface area contributed by atoms with Gasteiger partial charge in [0.2, 0.25) is 0 Å². The Morgan fingerprint density at radius 2 is 2.11 bits per heavy atom. The Bertz CT molecular complexity index is 560. The number of hydrogen-bond acceptors (Lipinski definition) is 3. The molecular weight excluding hydrogens is 242 g/mol. The number of nitrogens with zero attached hydrogens (tertiary/aromatic N) is 1. The lowest BCUT2D eigenvalue weighted by Crippen LogP contribution is -2.32. The molecule has 5 nitrogen and oxygen atoms in total. The van der Waals surface area contributed by atoms with Crippen LogP contribution in [0.3, 0.4) is 0 Å². The Morgan fingerprint density at radius 1 is 1.42 bits per heavy atom. The second-order valence-corrected chi connectivity index (χ2v) is 4.46. The van der Waals surface area contributed by atoms with Gasteiger partial charge in [-0.25, -0.2) is 0 Å². The first-order chi connectivity index (χ1) is 9.11. The van der Waals surface area contributed by atoms with Gasteiger partial charge in [-0.2, -0.15) is 5.10 Å². The van der Waals surface area contributed by atoms with Crippen LogP contribution in [0.25, 0.3) is 11.1 Å². The summed E-state index contributed by atoms with van der Waals surface area (Å²) in [6.45, 7) is 2.10. The molecule has 1 aromatic carbocycles. The number of H-pyrrole nitrogens is 1. The van der Waals surface area contributed by atoms with Crippen LogP contribution in [0.1, 0.15) is 18.2 Å².